The second-order valence-corrected chi connectivity index (χ2v) is 5.47. The van der Waals surface area contributed by atoms with Gasteiger partial charge in [0.25, 0.3) is 0 Å². The predicted octanol–water partition coefficient (Wildman–Crippen LogP) is 5.42. The molecule has 0 atom stereocenters. The first-order valence-corrected chi connectivity index (χ1v) is 7.19. The van der Waals surface area contributed by atoms with Gasteiger partial charge in [0, 0.05) is 32.7 Å². The highest BCUT2D eigenvalue weighted by Gasteiger charge is 2.09. The van der Waals surface area contributed by atoms with Crippen LogP contribution in [-0.4, -0.2) is 6.54 Å². The SMILES string of the molecule is CCNCc1ccc(-c2cc(Cl)ccc2Cl)c(Cl)c1. The third-order valence-electron chi connectivity index (χ3n) is 2.83. The Morgan fingerprint density at radius 1 is 0.895 bits per heavy atom. The number of halogens is 3. The number of hydrogen-bond donors (Lipinski definition) is 1. The Labute approximate surface area is 128 Å². The standard InChI is InChI=1S/C15H14Cl3N/c1-2-19-9-10-3-5-12(15(18)7-10)13-8-11(16)4-6-14(13)17/h3-8,19H,2,9H2,1H3. The first-order chi connectivity index (χ1) is 9.11. The van der Waals surface area contributed by atoms with Gasteiger partial charge in [-0.3, -0.25) is 0 Å². The van der Waals surface area contributed by atoms with Crippen LogP contribution in [0.4, 0.5) is 0 Å². The Kier molecular flexibility index (Phi) is 5.12. The molecule has 0 aromatic heterocycles. The summed E-state index contributed by atoms with van der Waals surface area (Å²) in [6.45, 7) is 3.81. The number of nitrogens with one attached hydrogen (secondary N) is 1. The number of hydrogen-bond acceptors (Lipinski definition) is 1. The second kappa shape index (κ2) is 6.62. The minimum absolute atomic E-state index is 0.644. The summed E-state index contributed by atoms with van der Waals surface area (Å²) < 4.78 is 0. The maximum Gasteiger partial charge on any atom is 0.0488 e. The second-order valence-electron chi connectivity index (χ2n) is 4.22. The van der Waals surface area contributed by atoms with Crippen LogP contribution in [0.3, 0.4) is 0 Å². The summed E-state index contributed by atoms with van der Waals surface area (Å²) in [7, 11) is 0. The van der Waals surface area contributed by atoms with Gasteiger partial charge >= 0.3 is 0 Å². The van der Waals surface area contributed by atoms with Crippen molar-refractivity contribution < 1.29 is 0 Å². The van der Waals surface area contributed by atoms with Crippen LogP contribution >= 0.6 is 34.8 Å². The Morgan fingerprint density at radius 3 is 2.37 bits per heavy atom. The maximum absolute atomic E-state index is 6.34. The molecule has 1 nitrogen and oxygen atoms in total. The van der Waals surface area contributed by atoms with Gasteiger partial charge in [-0.25, -0.2) is 0 Å². The van der Waals surface area contributed by atoms with E-state index in [1.54, 1.807) is 12.1 Å². The molecule has 2 aromatic carbocycles. The van der Waals surface area contributed by atoms with Crippen molar-refractivity contribution in [1.29, 1.82) is 0 Å². The van der Waals surface area contributed by atoms with Crippen LogP contribution in [0, 0.1) is 0 Å². The molecule has 0 saturated heterocycles. The lowest BCUT2D eigenvalue weighted by Crippen LogP contribution is -2.11. The van der Waals surface area contributed by atoms with Gasteiger partial charge in [-0.1, -0.05) is 53.9 Å². The zero-order valence-electron chi connectivity index (χ0n) is 10.5. The Morgan fingerprint density at radius 2 is 1.68 bits per heavy atom. The summed E-state index contributed by atoms with van der Waals surface area (Å²) in [6, 6.07) is 11.3. The monoisotopic (exact) mass is 313 g/mol. The van der Waals surface area contributed by atoms with Crippen LogP contribution < -0.4 is 5.32 Å². The molecule has 0 spiro atoms. The lowest BCUT2D eigenvalue weighted by molar-refractivity contribution is 0.727. The van der Waals surface area contributed by atoms with Crippen LogP contribution in [0.25, 0.3) is 11.1 Å². The first kappa shape index (κ1) is 14.7. The van der Waals surface area contributed by atoms with Crippen molar-refractivity contribution in [3.63, 3.8) is 0 Å². The highest BCUT2D eigenvalue weighted by molar-refractivity contribution is 6.37. The third-order valence-corrected chi connectivity index (χ3v) is 3.71. The van der Waals surface area contributed by atoms with Crippen LogP contribution in [0.2, 0.25) is 15.1 Å². The Bertz CT molecular complexity index is 582. The zero-order valence-corrected chi connectivity index (χ0v) is 12.8. The maximum atomic E-state index is 6.34. The molecule has 0 aliphatic heterocycles. The van der Waals surface area contributed by atoms with Gasteiger partial charge in [-0.2, -0.15) is 0 Å². The van der Waals surface area contributed by atoms with E-state index in [4.69, 9.17) is 34.8 Å². The van der Waals surface area contributed by atoms with E-state index in [1.165, 1.54) is 0 Å². The van der Waals surface area contributed by atoms with Crippen molar-refractivity contribution in [3.8, 4) is 11.1 Å². The van der Waals surface area contributed by atoms with Gasteiger partial charge in [0.15, 0.2) is 0 Å². The molecule has 0 heterocycles. The minimum atomic E-state index is 0.644. The third kappa shape index (κ3) is 3.64. The van der Waals surface area contributed by atoms with Gasteiger partial charge in [0.1, 0.15) is 0 Å². The topological polar surface area (TPSA) is 12.0 Å². The molecule has 19 heavy (non-hydrogen) atoms. The molecule has 0 unspecified atom stereocenters. The average molecular weight is 315 g/mol. The van der Waals surface area contributed by atoms with Crippen molar-refractivity contribution in [2.24, 2.45) is 0 Å². The molecule has 0 aliphatic rings. The van der Waals surface area contributed by atoms with Crippen LogP contribution in [0.5, 0.6) is 0 Å². The summed E-state index contributed by atoms with van der Waals surface area (Å²) in [6.07, 6.45) is 0. The van der Waals surface area contributed by atoms with Crippen molar-refractivity contribution in [2.45, 2.75) is 13.5 Å². The molecular formula is C15H14Cl3N. The van der Waals surface area contributed by atoms with Gasteiger partial charge in [0.2, 0.25) is 0 Å². The number of benzene rings is 2. The fraction of sp³-hybridized carbons (Fsp3) is 0.200. The summed E-state index contributed by atoms with van der Waals surface area (Å²) in [4.78, 5) is 0. The van der Waals surface area contributed by atoms with Crippen molar-refractivity contribution >= 4 is 34.8 Å². The predicted molar refractivity (Wildman–Crippen MR) is 84.3 cm³/mol. The van der Waals surface area contributed by atoms with E-state index in [1.807, 2.05) is 24.3 Å². The average Bonchev–Trinajstić information content (AvgIpc) is 2.40. The molecule has 1 N–H and O–H groups in total. The van der Waals surface area contributed by atoms with E-state index in [-0.39, 0.29) is 0 Å². The highest BCUT2D eigenvalue weighted by atomic mass is 35.5. The molecule has 0 bridgehead atoms. The normalized spacial score (nSPS) is 10.7. The van der Waals surface area contributed by atoms with Gasteiger partial charge in [-0.05, 0) is 36.4 Å². The molecule has 100 valence electrons. The fourth-order valence-electron chi connectivity index (χ4n) is 1.86. The lowest BCUT2D eigenvalue weighted by Gasteiger charge is -2.10. The molecule has 0 aliphatic carbocycles. The quantitative estimate of drug-likeness (QED) is 0.794. The molecule has 0 radical (unpaired) electrons. The van der Waals surface area contributed by atoms with E-state index in [9.17, 15) is 0 Å². The first-order valence-electron chi connectivity index (χ1n) is 6.06. The summed E-state index contributed by atoms with van der Waals surface area (Å²) in [5, 5.41) is 5.24. The van der Waals surface area contributed by atoms with Gasteiger partial charge in [0.05, 0.1) is 0 Å². The van der Waals surface area contributed by atoms with E-state index >= 15 is 0 Å². The van der Waals surface area contributed by atoms with Crippen molar-refractivity contribution in [3.05, 3.63) is 57.0 Å². The summed E-state index contributed by atoms with van der Waals surface area (Å²) >= 11 is 18.5. The smallest absolute Gasteiger partial charge is 0.0488 e. The molecule has 0 amide bonds. The van der Waals surface area contributed by atoms with E-state index < -0.39 is 0 Å². The molecular weight excluding hydrogens is 301 g/mol. The summed E-state index contributed by atoms with van der Waals surface area (Å²) in [5.74, 6) is 0. The van der Waals surface area contributed by atoms with E-state index in [2.05, 4.69) is 12.2 Å². The number of rotatable bonds is 4. The van der Waals surface area contributed by atoms with Crippen LogP contribution in [0.1, 0.15) is 12.5 Å². The Balaban J connectivity index is 2.37. The largest absolute Gasteiger partial charge is 0.313 e. The van der Waals surface area contributed by atoms with Crippen molar-refractivity contribution in [2.75, 3.05) is 6.54 Å². The van der Waals surface area contributed by atoms with Crippen LogP contribution in [-0.2, 0) is 6.54 Å². The Hall–Kier alpha value is -0.730. The minimum Gasteiger partial charge on any atom is -0.313 e. The fourth-order valence-corrected chi connectivity index (χ4v) is 2.56. The van der Waals surface area contributed by atoms with Crippen molar-refractivity contribution in [1.82, 2.24) is 5.32 Å². The lowest BCUT2D eigenvalue weighted by atomic mass is 10.0. The summed E-state index contributed by atoms with van der Waals surface area (Å²) in [5.41, 5.74) is 2.90. The zero-order chi connectivity index (χ0) is 13.8. The highest BCUT2D eigenvalue weighted by Crippen LogP contribution is 2.35. The van der Waals surface area contributed by atoms with Gasteiger partial charge in [-0.15, -0.1) is 0 Å². The molecule has 2 aromatic rings. The molecule has 0 saturated carbocycles. The van der Waals surface area contributed by atoms with Gasteiger partial charge < -0.3 is 5.32 Å². The molecule has 2 rings (SSSR count). The molecule has 4 heteroatoms. The van der Waals surface area contributed by atoms with E-state index in [0.29, 0.717) is 15.1 Å². The van der Waals surface area contributed by atoms with Crippen LogP contribution in [0.15, 0.2) is 36.4 Å². The molecule has 0 fully saturated rings. The van der Waals surface area contributed by atoms with E-state index in [0.717, 1.165) is 29.8 Å².